The van der Waals surface area contributed by atoms with E-state index in [9.17, 15) is 38.4 Å². The van der Waals surface area contributed by atoms with Crippen molar-refractivity contribution in [1.29, 1.82) is 0 Å². The Labute approximate surface area is 409 Å². The van der Waals surface area contributed by atoms with Gasteiger partial charge in [0.05, 0.1) is 109 Å². The number of imide groups is 4. The van der Waals surface area contributed by atoms with E-state index in [2.05, 4.69) is 56.4 Å². The first kappa shape index (κ1) is 48.8. The highest BCUT2D eigenvalue weighted by Gasteiger charge is 2.42. The Hall–Kier alpha value is -6.20. The van der Waals surface area contributed by atoms with Gasteiger partial charge in [0, 0.05) is 131 Å². The van der Waals surface area contributed by atoms with Crippen LogP contribution in [0.25, 0.3) is 21.5 Å². The van der Waals surface area contributed by atoms with Crippen molar-refractivity contribution in [2.75, 3.05) is 135 Å². The fourth-order valence-electron chi connectivity index (χ4n) is 11.7. The lowest BCUT2D eigenvalue weighted by atomic mass is 9.86. The Morgan fingerprint density at radius 1 is 0.257 bits per heavy atom. The van der Waals surface area contributed by atoms with Crippen LogP contribution in [0.4, 0.5) is 0 Å². The van der Waals surface area contributed by atoms with Crippen molar-refractivity contribution in [2.24, 2.45) is 0 Å². The van der Waals surface area contributed by atoms with Gasteiger partial charge in [-0.3, -0.25) is 58.0 Å². The number of hydrogen-bond acceptors (Lipinski definition) is 8. The van der Waals surface area contributed by atoms with Crippen LogP contribution in [0.15, 0.2) is 48.5 Å². The quantitative estimate of drug-likeness (QED) is 0.182. The van der Waals surface area contributed by atoms with Gasteiger partial charge in [-0.1, -0.05) is 0 Å². The third-order valence-electron chi connectivity index (χ3n) is 15.8. The van der Waals surface area contributed by atoms with E-state index < -0.39 is 47.3 Å². The van der Waals surface area contributed by atoms with Gasteiger partial charge in [-0.05, 0) is 48.5 Å². The van der Waals surface area contributed by atoms with Crippen molar-refractivity contribution in [3.05, 3.63) is 93.0 Å². The standard InChI is InChI=1S/C54H68N8O8/c1-59(2)27-9-23-55-47(63)35-15-17-37-44-38(18-16-36(43(35)44)48(55)64)52(68)57(51(37)67)25-11-29-61(5,6)33-14-34-62(7,8)30-12-26-58-53(69)41-21-19-39-45-40(20-22-42(46(41)45)54(58)70)50(66)56(49(39)65)24-10-28-60(3,4)32-13-31-59/h15-22H,9-14,23-34H2,1-8H3/q+4. The fraction of sp³-hybridized carbons (Fsp3) is 0.481. The number of amides is 8. The van der Waals surface area contributed by atoms with E-state index in [0.29, 0.717) is 136 Å². The van der Waals surface area contributed by atoms with E-state index in [1.165, 1.54) is 19.6 Å². The second kappa shape index (κ2) is 17.9. The molecule has 15 aliphatic heterocycles. The van der Waals surface area contributed by atoms with Gasteiger partial charge >= 0.3 is 0 Å². The summed E-state index contributed by atoms with van der Waals surface area (Å²) in [6.07, 6.45) is 4.11. The highest BCUT2D eigenvalue weighted by Crippen LogP contribution is 2.40. The smallest absolute Gasteiger partial charge is 0.261 e. The summed E-state index contributed by atoms with van der Waals surface area (Å²) in [6, 6.07) is 13.0. The number of hydrogen-bond donors (Lipinski definition) is 0. The molecule has 0 atom stereocenters. The summed E-state index contributed by atoms with van der Waals surface area (Å²) in [4.78, 5) is 118. The second-order valence-corrected chi connectivity index (χ2v) is 22.8. The van der Waals surface area contributed by atoms with Crippen LogP contribution in [-0.4, -0.2) is 220 Å². The van der Waals surface area contributed by atoms with Gasteiger partial charge < -0.3 is 17.9 Å². The zero-order valence-corrected chi connectivity index (χ0v) is 42.2. The van der Waals surface area contributed by atoms with Crippen molar-refractivity contribution >= 4 is 68.8 Å². The van der Waals surface area contributed by atoms with Crippen LogP contribution in [0.5, 0.6) is 0 Å². The first-order chi connectivity index (χ1) is 33.0. The lowest BCUT2D eigenvalue weighted by molar-refractivity contribution is -0.909. The van der Waals surface area contributed by atoms with Crippen molar-refractivity contribution in [3.63, 3.8) is 0 Å². The van der Waals surface area contributed by atoms with Crippen LogP contribution in [0, 0.1) is 0 Å². The Bertz CT molecular complexity index is 2420. The third-order valence-corrected chi connectivity index (χ3v) is 15.8. The normalized spacial score (nSPS) is 22.4. The molecule has 0 aromatic heterocycles. The molecule has 0 saturated heterocycles. The summed E-state index contributed by atoms with van der Waals surface area (Å²) in [5.41, 5.74) is 2.58. The molecular formula is C54H68N8O8+4. The van der Waals surface area contributed by atoms with Crippen LogP contribution < -0.4 is 0 Å². The van der Waals surface area contributed by atoms with Crippen LogP contribution in [0.2, 0.25) is 0 Å². The van der Waals surface area contributed by atoms with Gasteiger partial charge in [-0.2, -0.15) is 0 Å². The SMILES string of the molecule is C[N+]1(C)CCCN2C(=O)c3ccc4c5c(ccc(c35)C2=O)C(=O)N(CCC[N+](C)(C)CCC[N+](C)(C)CCCN2C(=O)c3ccc5c6c(ccc(c36)C2=O)C(=O)N(CCC[N+](C)(C)CCC1)C5=O)C4=O. The van der Waals surface area contributed by atoms with Crippen LogP contribution >= 0.6 is 0 Å². The molecule has 368 valence electrons. The van der Waals surface area contributed by atoms with Gasteiger partial charge in [0.2, 0.25) is 0 Å². The lowest BCUT2D eigenvalue weighted by Gasteiger charge is -2.36. The zero-order chi connectivity index (χ0) is 50.2. The highest BCUT2D eigenvalue weighted by atomic mass is 16.2. The fourth-order valence-corrected chi connectivity index (χ4v) is 11.7. The van der Waals surface area contributed by atoms with E-state index >= 15 is 0 Å². The zero-order valence-electron chi connectivity index (χ0n) is 42.2. The van der Waals surface area contributed by atoms with E-state index in [4.69, 9.17) is 0 Å². The lowest BCUT2D eigenvalue weighted by Crippen LogP contribution is -2.49. The van der Waals surface area contributed by atoms with Gasteiger partial charge in [0.1, 0.15) is 0 Å². The summed E-state index contributed by atoms with van der Waals surface area (Å²) in [7, 11) is 17.1. The molecule has 15 aliphatic rings. The number of carbonyl (C=O) groups excluding carboxylic acids is 8. The molecule has 0 unspecified atom stereocenters. The van der Waals surface area contributed by atoms with E-state index in [0.717, 1.165) is 39.0 Å². The van der Waals surface area contributed by atoms with Gasteiger partial charge in [0.25, 0.3) is 47.3 Å². The van der Waals surface area contributed by atoms with Crippen LogP contribution in [0.3, 0.4) is 0 Å². The summed E-state index contributed by atoms with van der Waals surface area (Å²) in [5.74, 6) is -3.37. The Morgan fingerprint density at radius 2 is 0.400 bits per heavy atom. The van der Waals surface area contributed by atoms with Crippen LogP contribution in [-0.2, 0) is 0 Å². The molecule has 4 aromatic rings. The molecule has 8 amide bonds. The predicted octanol–water partition coefficient (Wildman–Crippen LogP) is 4.74. The summed E-state index contributed by atoms with van der Waals surface area (Å²) in [6.45, 7) is 7.18. The Balaban J connectivity index is 0.934. The Morgan fingerprint density at radius 3 is 0.557 bits per heavy atom. The minimum absolute atomic E-state index is 0.229. The van der Waals surface area contributed by atoms with Crippen molar-refractivity contribution in [1.82, 2.24) is 19.6 Å². The molecule has 0 aliphatic carbocycles. The molecule has 19 rings (SSSR count). The minimum Gasteiger partial charge on any atom is -0.328 e. The van der Waals surface area contributed by atoms with E-state index in [1.54, 1.807) is 48.5 Å². The largest absolute Gasteiger partial charge is 0.328 e. The van der Waals surface area contributed by atoms with Crippen molar-refractivity contribution < 1.29 is 56.3 Å². The molecule has 0 radical (unpaired) electrons. The number of nitrogens with zero attached hydrogens (tertiary/aromatic N) is 8. The predicted molar refractivity (Wildman–Crippen MR) is 264 cm³/mol. The third kappa shape index (κ3) is 8.73. The Kier molecular flexibility index (Phi) is 12.5. The maximum Gasteiger partial charge on any atom is 0.261 e. The maximum absolute atomic E-state index is 14.0. The van der Waals surface area contributed by atoms with Crippen LogP contribution in [0.1, 0.15) is 121 Å². The van der Waals surface area contributed by atoms with Gasteiger partial charge in [-0.15, -0.1) is 0 Å². The molecule has 0 fully saturated rings. The molecule has 16 heteroatoms. The molecular weight excluding hydrogens is 889 g/mol. The number of carbonyl (C=O) groups is 8. The maximum atomic E-state index is 14.0. The number of rotatable bonds is 0. The molecule has 16 nitrogen and oxygen atoms in total. The first-order valence-electron chi connectivity index (χ1n) is 24.9. The average molecular weight is 957 g/mol. The number of quaternary nitrogens is 4. The molecule has 4 aromatic carbocycles. The summed E-state index contributed by atoms with van der Waals surface area (Å²) >= 11 is 0. The average Bonchev–Trinajstić information content (AvgIpc) is 3.29. The number of benzene rings is 4. The second-order valence-electron chi connectivity index (χ2n) is 22.8. The molecule has 0 saturated carbocycles. The van der Waals surface area contributed by atoms with E-state index in [1.807, 2.05) is 0 Å². The first-order valence-corrected chi connectivity index (χ1v) is 24.9. The molecule has 70 heavy (non-hydrogen) atoms. The summed E-state index contributed by atoms with van der Waals surface area (Å²) in [5, 5.41) is 1.52. The monoisotopic (exact) mass is 957 g/mol. The van der Waals surface area contributed by atoms with Gasteiger partial charge in [-0.25, -0.2) is 0 Å². The molecule has 0 N–H and O–H groups in total. The molecule has 0 spiro atoms. The highest BCUT2D eigenvalue weighted by molar-refractivity contribution is 6.34. The minimum atomic E-state index is -0.421. The molecule has 15 heterocycles. The van der Waals surface area contributed by atoms with Gasteiger partial charge in [0.15, 0.2) is 0 Å². The van der Waals surface area contributed by atoms with E-state index in [-0.39, 0.29) is 26.2 Å². The topological polar surface area (TPSA) is 150 Å². The molecule has 16 bridgehead atoms. The summed E-state index contributed by atoms with van der Waals surface area (Å²) < 4.78 is 2.68. The van der Waals surface area contributed by atoms with Crippen molar-refractivity contribution in [3.8, 4) is 0 Å². The van der Waals surface area contributed by atoms with Crippen molar-refractivity contribution in [2.45, 2.75) is 38.5 Å².